The van der Waals surface area contributed by atoms with Gasteiger partial charge in [-0.3, -0.25) is 9.78 Å². The predicted molar refractivity (Wildman–Crippen MR) is 97.5 cm³/mol. The molecule has 0 radical (unpaired) electrons. The third-order valence-corrected chi connectivity index (χ3v) is 5.11. The minimum Gasteiger partial charge on any atom is -0.307 e. The number of aryl methyl sites for hydroxylation is 1. The summed E-state index contributed by atoms with van der Waals surface area (Å²) in [4.78, 5) is 19.9. The molecule has 1 N–H and O–H groups in total. The Labute approximate surface area is 144 Å². The molecule has 124 valence electrons. The molecular weight excluding hydrogens is 312 g/mol. The van der Waals surface area contributed by atoms with Crippen LogP contribution in [0.5, 0.6) is 0 Å². The number of H-pyrrole nitrogens is 1. The predicted octanol–water partition coefficient (Wildman–Crippen LogP) is 3.00. The van der Waals surface area contributed by atoms with Crippen LogP contribution < -0.4 is 5.56 Å². The second-order valence-corrected chi connectivity index (χ2v) is 6.69. The number of aromatic amines is 1. The third-order valence-electron chi connectivity index (χ3n) is 5.11. The number of nitrogens with one attached hydrogen (secondary N) is 1. The average molecular weight is 330 g/mol. The number of pyridine rings is 2. The van der Waals surface area contributed by atoms with E-state index in [1.165, 1.54) is 5.56 Å². The maximum atomic E-state index is 12.6. The summed E-state index contributed by atoms with van der Waals surface area (Å²) in [7, 11) is 0. The molecule has 0 atom stereocenters. The molecule has 3 aromatic rings. The van der Waals surface area contributed by atoms with E-state index in [0.29, 0.717) is 6.54 Å². The summed E-state index contributed by atoms with van der Waals surface area (Å²) >= 11 is 0. The van der Waals surface area contributed by atoms with Crippen LogP contribution in [-0.4, -0.2) is 19.7 Å². The minimum atomic E-state index is 0.0409. The molecule has 5 heteroatoms. The van der Waals surface area contributed by atoms with Gasteiger partial charge in [-0.2, -0.15) is 5.10 Å². The van der Waals surface area contributed by atoms with Crippen molar-refractivity contribution >= 4 is 16.6 Å². The van der Waals surface area contributed by atoms with E-state index >= 15 is 0 Å². The van der Waals surface area contributed by atoms with Gasteiger partial charge in [0.15, 0.2) is 0 Å². The van der Waals surface area contributed by atoms with Crippen molar-refractivity contribution < 1.29 is 0 Å². The van der Waals surface area contributed by atoms with Gasteiger partial charge in [-0.05, 0) is 42.9 Å². The fraction of sp³-hybridized carbons (Fsp3) is 0.250. The van der Waals surface area contributed by atoms with Gasteiger partial charge in [-0.1, -0.05) is 24.3 Å². The molecule has 0 fully saturated rings. The van der Waals surface area contributed by atoms with E-state index in [9.17, 15) is 4.79 Å². The van der Waals surface area contributed by atoms with Gasteiger partial charge in [0.05, 0.1) is 6.54 Å². The summed E-state index contributed by atoms with van der Waals surface area (Å²) < 4.78 is 1.91. The Hall–Kier alpha value is -2.95. The van der Waals surface area contributed by atoms with Crippen LogP contribution in [0, 0.1) is 0 Å². The van der Waals surface area contributed by atoms with Crippen molar-refractivity contribution in [2.75, 3.05) is 0 Å². The van der Waals surface area contributed by atoms with Gasteiger partial charge in [0.25, 0.3) is 5.56 Å². The average Bonchev–Trinajstić information content (AvgIpc) is 2.93. The summed E-state index contributed by atoms with van der Waals surface area (Å²) in [5, 5.41) is 5.97. The zero-order chi connectivity index (χ0) is 16.8. The Kier molecular flexibility index (Phi) is 3.20. The molecule has 0 saturated carbocycles. The molecule has 0 aliphatic heterocycles. The second kappa shape index (κ2) is 5.55. The van der Waals surface area contributed by atoms with Crippen molar-refractivity contribution in [1.82, 2.24) is 19.7 Å². The number of allylic oxidation sites excluding steroid dienone is 4. The first kappa shape index (κ1) is 14.4. The SMILES string of the molecule is O=c1[nH]c2c(c(C3=CC=C3)nn2Cc2cccnc2)c2c1CCCC2. The molecule has 3 heterocycles. The molecule has 0 saturated heterocycles. The molecule has 0 aromatic carbocycles. The summed E-state index contributed by atoms with van der Waals surface area (Å²) in [6, 6.07) is 3.95. The largest absolute Gasteiger partial charge is 0.307 e. The van der Waals surface area contributed by atoms with Crippen LogP contribution in [0.4, 0.5) is 0 Å². The number of nitrogens with zero attached hydrogens (tertiary/aromatic N) is 3. The molecule has 0 amide bonds. The Bertz CT molecular complexity index is 1090. The second-order valence-electron chi connectivity index (χ2n) is 6.69. The maximum absolute atomic E-state index is 12.6. The number of hydrogen-bond acceptors (Lipinski definition) is 3. The van der Waals surface area contributed by atoms with E-state index in [4.69, 9.17) is 5.10 Å². The normalized spacial score (nSPS) is 15.8. The Balaban J connectivity index is 1.76. The first-order valence-corrected chi connectivity index (χ1v) is 8.73. The number of hydrogen-bond donors (Lipinski definition) is 1. The van der Waals surface area contributed by atoms with Gasteiger partial charge in [-0.25, -0.2) is 4.68 Å². The van der Waals surface area contributed by atoms with Crippen LogP contribution in [0.1, 0.15) is 35.2 Å². The van der Waals surface area contributed by atoms with Crippen molar-refractivity contribution in [3.05, 3.63) is 75.5 Å². The smallest absolute Gasteiger partial charge is 0.253 e. The van der Waals surface area contributed by atoms with E-state index in [-0.39, 0.29) is 5.56 Å². The summed E-state index contributed by atoms with van der Waals surface area (Å²) in [5.74, 6) is 0. The molecule has 5 rings (SSSR count). The fourth-order valence-corrected chi connectivity index (χ4v) is 3.82. The van der Waals surface area contributed by atoms with Crippen LogP contribution in [0.2, 0.25) is 0 Å². The van der Waals surface area contributed by atoms with Crippen molar-refractivity contribution in [3.63, 3.8) is 0 Å². The molecule has 3 aromatic heterocycles. The highest BCUT2D eigenvalue weighted by Gasteiger charge is 2.24. The topological polar surface area (TPSA) is 63.6 Å². The minimum absolute atomic E-state index is 0.0409. The van der Waals surface area contributed by atoms with E-state index in [1.54, 1.807) is 6.20 Å². The molecule has 25 heavy (non-hydrogen) atoms. The van der Waals surface area contributed by atoms with Gasteiger partial charge in [0.2, 0.25) is 0 Å². The van der Waals surface area contributed by atoms with E-state index in [2.05, 4.69) is 22.1 Å². The van der Waals surface area contributed by atoms with Gasteiger partial charge in [0, 0.05) is 28.9 Å². The van der Waals surface area contributed by atoms with Crippen LogP contribution >= 0.6 is 0 Å². The first-order chi connectivity index (χ1) is 12.3. The molecule has 5 nitrogen and oxygen atoms in total. The standard InChI is InChI=1S/C20H18N4O/c25-20-16-9-2-1-8-15(16)17-18(14-6-3-7-14)23-24(19(17)22-20)12-13-5-4-10-21-11-13/h3-7,10-11H,1-2,8-9,12H2,(H,22,25). The zero-order valence-electron chi connectivity index (χ0n) is 13.8. The van der Waals surface area contributed by atoms with Crippen molar-refractivity contribution in [2.24, 2.45) is 0 Å². The van der Waals surface area contributed by atoms with Gasteiger partial charge >= 0.3 is 0 Å². The molecule has 0 bridgehead atoms. The van der Waals surface area contributed by atoms with E-state index < -0.39 is 0 Å². The van der Waals surface area contributed by atoms with Crippen LogP contribution in [0.15, 0.2) is 47.5 Å². The molecule has 0 spiro atoms. The highest BCUT2D eigenvalue weighted by molar-refractivity contribution is 5.96. The molecule has 2 aliphatic carbocycles. The highest BCUT2D eigenvalue weighted by atomic mass is 16.1. The lowest BCUT2D eigenvalue weighted by molar-refractivity contribution is 0.677. The Morgan fingerprint density at radius 3 is 2.76 bits per heavy atom. The lowest BCUT2D eigenvalue weighted by Gasteiger charge is -2.16. The van der Waals surface area contributed by atoms with Gasteiger partial charge in [-0.15, -0.1) is 0 Å². The molecule has 0 unspecified atom stereocenters. The Morgan fingerprint density at radius 1 is 1.20 bits per heavy atom. The maximum Gasteiger partial charge on any atom is 0.253 e. The summed E-state index contributed by atoms with van der Waals surface area (Å²) in [6.45, 7) is 0.593. The summed E-state index contributed by atoms with van der Waals surface area (Å²) in [5.41, 5.74) is 6.19. The lowest BCUT2D eigenvalue weighted by Crippen LogP contribution is -2.20. The molecular formula is C20H18N4O. The molecule has 2 aliphatic rings. The number of rotatable bonds is 3. The highest BCUT2D eigenvalue weighted by Crippen LogP contribution is 2.33. The van der Waals surface area contributed by atoms with Crippen molar-refractivity contribution in [2.45, 2.75) is 32.2 Å². The first-order valence-electron chi connectivity index (χ1n) is 8.73. The van der Waals surface area contributed by atoms with Gasteiger partial charge in [0.1, 0.15) is 11.3 Å². The lowest BCUT2D eigenvalue weighted by atomic mass is 9.89. The third kappa shape index (κ3) is 2.27. The van der Waals surface area contributed by atoms with Crippen molar-refractivity contribution in [1.29, 1.82) is 0 Å². The summed E-state index contributed by atoms with van der Waals surface area (Å²) in [6.07, 6.45) is 13.8. The van der Waals surface area contributed by atoms with E-state index in [0.717, 1.165) is 59.1 Å². The zero-order valence-corrected chi connectivity index (χ0v) is 13.8. The van der Waals surface area contributed by atoms with Crippen LogP contribution in [-0.2, 0) is 19.4 Å². The van der Waals surface area contributed by atoms with Gasteiger partial charge < -0.3 is 4.98 Å². The van der Waals surface area contributed by atoms with E-state index in [1.807, 2.05) is 29.1 Å². The number of aromatic nitrogens is 4. The van der Waals surface area contributed by atoms with Crippen LogP contribution in [0.25, 0.3) is 16.6 Å². The quantitative estimate of drug-likeness (QED) is 0.803. The number of fused-ring (bicyclic) bond motifs is 3. The fourth-order valence-electron chi connectivity index (χ4n) is 3.82. The monoisotopic (exact) mass is 330 g/mol. The van der Waals surface area contributed by atoms with Crippen molar-refractivity contribution in [3.8, 4) is 0 Å². The van der Waals surface area contributed by atoms with Crippen LogP contribution in [0.3, 0.4) is 0 Å². The Morgan fingerprint density at radius 2 is 2.04 bits per heavy atom.